The van der Waals surface area contributed by atoms with Crippen LogP contribution in [0.1, 0.15) is 0 Å². The van der Waals surface area contributed by atoms with Crippen molar-refractivity contribution < 1.29 is 13.9 Å². The van der Waals surface area contributed by atoms with Crippen LogP contribution in [0.4, 0.5) is 10.1 Å². The Labute approximate surface area is 98.2 Å². The van der Waals surface area contributed by atoms with Crippen LogP contribution in [-0.2, 0) is 4.79 Å². The van der Waals surface area contributed by atoms with Crippen molar-refractivity contribution in [2.24, 2.45) is 0 Å². The zero-order valence-electron chi connectivity index (χ0n) is 9.29. The molecule has 0 aliphatic carbocycles. The third-order valence-electron chi connectivity index (χ3n) is 1.97. The second kappa shape index (κ2) is 6.33. The third-order valence-corrected chi connectivity index (χ3v) is 1.97. The van der Waals surface area contributed by atoms with Gasteiger partial charge in [0.2, 0.25) is 5.91 Å². The minimum absolute atomic E-state index is 0.0204. The highest BCUT2D eigenvalue weighted by atomic mass is 19.1. The Hall–Kier alpha value is -2.29. The van der Waals surface area contributed by atoms with Gasteiger partial charge in [0.05, 0.1) is 19.7 Å². The normalized spacial score (nSPS) is 9.24. The lowest BCUT2D eigenvalue weighted by Crippen LogP contribution is -2.29. The van der Waals surface area contributed by atoms with Crippen LogP contribution in [0.5, 0.6) is 5.75 Å². The van der Waals surface area contributed by atoms with E-state index in [1.54, 1.807) is 12.1 Å². The second-order valence-corrected chi connectivity index (χ2v) is 3.14. The standard InChI is InChI=1S/C11H12FN3O2/c1-17-10-3-2-8(6-9(10)12)15-7-11(16)14-5-4-13/h2-3,6,15H,5,7H2,1H3,(H,14,16). The fourth-order valence-electron chi connectivity index (χ4n) is 1.16. The molecule has 0 bridgehead atoms. The summed E-state index contributed by atoms with van der Waals surface area (Å²) in [5.41, 5.74) is 0.468. The van der Waals surface area contributed by atoms with E-state index >= 15 is 0 Å². The number of nitriles is 1. The highest BCUT2D eigenvalue weighted by Gasteiger charge is 2.04. The van der Waals surface area contributed by atoms with Crippen LogP contribution in [0.2, 0.25) is 0 Å². The van der Waals surface area contributed by atoms with Crippen molar-refractivity contribution in [3.63, 3.8) is 0 Å². The SMILES string of the molecule is COc1ccc(NCC(=O)NCC#N)cc1F. The molecule has 0 saturated carbocycles. The van der Waals surface area contributed by atoms with E-state index in [1.165, 1.54) is 19.2 Å². The number of nitrogens with one attached hydrogen (secondary N) is 2. The highest BCUT2D eigenvalue weighted by Crippen LogP contribution is 2.20. The van der Waals surface area contributed by atoms with Gasteiger partial charge < -0.3 is 15.4 Å². The Morgan fingerprint density at radius 2 is 2.35 bits per heavy atom. The summed E-state index contributed by atoms with van der Waals surface area (Å²) in [5, 5.41) is 13.3. The smallest absolute Gasteiger partial charge is 0.240 e. The van der Waals surface area contributed by atoms with E-state index < -0.39 is 5.82 Å². The van der Waals surface area contributed by atoms with Crippen LogP contribution in [0.25, 0.3) is 0 Å². The molecule has 0 aliphatic heterocycles. The molecule has 0 aliphatic rings. The van der Waals surface area contributed by atoms with Gasteiger partial charge >= 0.3 is 0 Å². The summed E-state index contributed by atoms with van der Waals surface area (Å²) in [6, 6.07) is 6.08. The van der Waals surface area contributed by atoms with E-state index in [9.17, 15) is 9.18 Å². The average Bonchev–Trinajstić information content (AvgIpc) is 2.34. The molecule has 0 aromatic heterocycles. The number of carbonyl (C=O) groups is 1. The molecule has 6 heteroatoms. The summed E-state index contributed by atoms with van der Waals surface area (Å²) in [4.78, 5) is 11.1. The van der Waals surface area contributed by atoms with E-state index in [4.69, 9.17) is 10.00 Å². The van der Waals surface area contributed by atoms with Crippen LogP contribution in [-0.4, -0.2) is 26.1 Å². The summed E-state index contributed by atoms with van der Waals surface area (Å²) in [6.07, 6.45) is 0. The number of ether oxygens (including phenoxy) is 1. The fourth-order valence-corrected chi connectivity index (χ4v) is 1.16. The monoisotopic (exact) mass is 237 g/mol. The zero-order chi connectivity index (χ0) is 12.7. The number of hydrogen-bond acceptors (Lipinski definition) is 4. The zero-order valence-corrected chi connectivity index (χ0v) is 9.29. The molecular formula is C11H12FN3O2. The van der Waals surface area contributed by atoms with E-state index in [0.717, 1.165) is 0 Å². The Kier molecular flexibility index (Phi) is 4.76. The predicted octanol–water partition coefficient (Wildman–Crippen LogP) is 0.886. The third kappa shape index (κ3) is 3.99. The number of hydrogen-bond donors (Lipinski definition) is 2. The molecule has 90 valence electrons. The van der Waals surface area contributed by atoms with Crippen molar-refractivity contribution >= 4 is 11.6 Å². The van der Waals surface area contributed by atoms with Gasteiger partial charge in [0.25, 0.3) is 0 Å². The molecule has 0 unspecified atom stereocenters. The molecule has 0 radical (unpaired) electrons. The topological polar surface area (TPSA) is 74.2 Å². The molecule has 17 heavy (non-hydrogen) atoms. The van der Waals surface area contributed by atoms with Crippen LogP contribution >= 0.6 is 0 Å². The van der Waals surface area contributed by atoms with Gasteiger partial charge in [-0.05, 0) is 12.1 Å². The maximum Gasteiger partial charge on any atom is 0.240 e. The Balaban J connectivity index is 2.50. The molecule has 0 atom stereocenters. The Morgan fingerprint density at radius 1 is 1.59 bits per heavy atom. The first-order valence-electron chi connectivity index (χ1n) is 4.88. The van der Waals surface area contributed by atoms with Gasteiger partial charge in [-0.25, -0.2) is 4.39 Å². The molecular weight excluding hydrogens is 225 g/mol. The van der Waals surface area contributed by atoms with Crippen molar-refractivity contribution in [2.45, 2.75) is 0 Å². The minimum atomic E-state index is -0.505. The van der Waals surface area contributed by atoms with Crippen LogP contribution in [0.15, 0.2) is 18.2 Å². The molecule has 0 fully saturated rings. The van der Waals surface area contributed by atoms with Crippen LogP contribution < -0.4 is 15.4 Å². The molecule has 0 spiro atoms. The second-order valence-electron chi connectivity index (χ2n) is 3.14. The Bertz CT molecular complexity index is 443. The van der Waals surface area contributed by atoms with Crippen molar-refractivity contribution in [3.8, 4) is 11.8 Å². The highest BCUT2D eigenvalue weighted by molar-refractivity contribution is 5.80. The van der Waals surface area contributed by atoms with Gasteiger partial charge in [0, 0.05) is 11.8 Å². The quantitative estimate of drug-likeness (QED) is 0.746. The van der Waals surface area contributed by atoms with E-state index in [-0.39, 0.29) is 24.7 Å². The van der Waals surface area contributed by atoms with E-state index in [0.29, 0.717) is 5.69 Å². The number of nitrogens with zero attached hydrogens (tertiary/aromatic N) is 1. The van der Waals surface area contributed by atoms with Gasteiger partial charge in [-0.1, -0.05) is 0 Å². The average molecular weight is 237 g/mol. The Morgan fingerprint density at radius 3 is 2.94 bits per heavy atom. The first-order chi connectivity index (χ1) is 8.17. The molecule has 1 amide bonds. The van der Waals surface area contributed by atoms with Gasteiger partial charge in [-0.15, -0.1) is 0 Å². The molecule has 0 saturated heterocycles. The summed E-state index contributed by atoms with van der Waals surface area (Å²) in [6.45, 7) is -0.0645. The number of carbonyl (C=O) groups excluding carboxylic acids is 1. The van der Waals surface area contributed by atoms with Gasteiger partial charge in [-0.2, -0.15) is 5.26 Å². The molecule has 1 aromatic carbocycles. The molecule has 1 rings (SSSR count). The van der Waals surface area contributed by atoms with Crippen LogP contribution in [0, 0.1) is 17.1 Å². The maximum absolute atomic E-state index is 13.3. The van der Waals surface area contributed by atoms with Gasteiger partial charge in [-0.3, -0.25) is 4.79 Å². The molecule has 2 N–H and O–H groups in total. The predicted molar refractivity (Wildman–Crippen MR) is 60.1 cm³/mol. The lowest BCUT2D eigenvalue weighted by atomic mass is 10.3. The summed E-state index contributed by atoms with van der Waals surface area (Å²) in [5.74, 6) is -0.692. The lowest BCUT2D eigenvalue weighted by molar-refractivity contribution is -0.119. The molecule has 0 heterocycles. The number of methoxy groups -OCH3 is 1. The van der Waals surface area contributed by atoms with Crippen molar-refractivity contribution in [2.75, 3.05) is 25.5 Å². The van der Waals surface area contributed by atoms with Gasteiger partial charge in [0.15, 0.2) is 11.6 Å². The number of benzene rings is 1. The largest absolute Gasteiger partial charge is 0.494 e. The molecule has 1 aromatic rings. The van der Waals surface area contributed by atoms with E-state index in [1.807, 2.05) is 0 Å². The number of halogens is 1. The van der Waals surface area contributed by atoms with Crippen molar-refractivity contribution in [1.82, 2.24) is 5.32 Å². The first kappa shape index (κ1) is 12.8. The first-order valence-corrected chi connectivity index (χ1v) is 4.88. The van der Waals surface area contributed by atoms with E-state index in [2.05, 4.69) is 10.6 Å². The number of anilines is 1. The lowest BCUT2D eigenvalue weighted by Gasteiger charge is -2.07. The van der Waals surface area contributed by atoms with Crippen LogP contribution in [0.3, 0.4) is 0 Å². The fraction of sp³-hybridized carbons (Fsp3) is 0.273. The summed E-state index contributed by atoms with van der Waals surface area (Å²) < 4.78 is 18.0. The number of amides is 1. The van der Waals surface area contributed by atoms with Crippen molar-refractivity contribution in [3.05, 3.63) is 24.0 Å². The van der Waals surface area contributed by atoms with Crippen molar-refractivity contribution in [1.29, 1.82) is 5.26 Å². The van der Waals surface area contributed by atoms with Gasteiger partial charge in [0.1, 0.15) is 6.54 Å². The maximum atomic E-state index is 13.3. The number of rotatable bonds is 5. The molecule has 5 nitrogen and oxygen atoms in total. The minimum Gasteiger partial charge on any atom is -0.494 e. The summed E-state index contributed by atoms with van der Waals surface area (Å²) >= 11 is 0. The summed E-state index contributed by atoms with van der Waals surface area (Å²) in [7, 11) is 1.38.